The molecule has 158 valence electrons. The van der Waals surface area contributed by atoms with Crippen molar-refractivity contribution in [3.05, 3.63) is 34.9 Å². The quantitative estimate of drug-likeness (QED) is 0.258. The number of halogens is 2. The lowest BCUT2D eigenvalue weighted by Crippen LogP contribution is -2.57. The second kappa shape index (κ2) is 10.6. The van der Waals surface area contributed by atoms with Gasteiger partial charge < -0.3 is 15.5 Å². The summed E-state index contributed by atoms with van der Waals surface area (Å²) in [5, 5.41) is 6.40. The van der Waals surface area contributed by atoms with E-state index < -0.39 is 14.6 Å². The van der Waals surface area contributed by atoms with E-state index in [0.717, 1.165) is 0 Å². The molecular formula is C18H28ClIN4O3S. The minimum absolute atomic E-state index is 0. The van der Waals surface area contributed by atoms with E-state index in [-0.39, 0.29) is 35.6 Å². The Bertz CT molecular complexity index is 815. The molecule has 0 aliphatic carbocycles. The molecule has 0 unspecified atom stereocenters. The molecule has 2 N–H and O–H groups in total. The normalized spacial score (nSPS) is 18.1. The second-order valence-corrected chi connectivity index (χ2v) is 10.1. The van der Waals surface area contributed by atoms with Crippen LogP contribution in [0, 0.1) is 0 Å². The smallest absolute Gasteiger partial charge is 0.252 e. The third-order valence-electron chi connectivity index (χ3n) is 4.46. The van der Waals surface area contributed by atoms with Crippen LogP contribution < -0.4 is 10.6 Å². The zero-order valence-corrected chi connectivity index (χ0v) is 20.3. The largest absolute Gasteiger partial charge is 0.357 e. The van der Waals surface area contributed by atoms with Crippen LogP contribution in [0.2, 0.25) is 5.02 Å². The molecule has 1 heterocycles. The summed E-state index contributed by atoms with van der Waals surface area (Å²) in [5.74, 6) is 0.520. The van der Waals surface area contributed by atoms with Gasteiger partial charge in [0.25, 0.3) is 5.91 Å². The summed E-state index contributed by atoms with van der Waals surface area (Å²) in [7, 11) is -3.11. The van der Waals surface area contributed by atoms with Gasteiger partial charge in [-0.3, -0.25) is 9.79 Å². The summed E-state index contributed by atoms with van der Waals surface area (Å²) < 4.78 is 23.5. The van der Waals surface area contributed by atoms with E-state index in [0.29, 0.717) is 49.3 Å². The number of nitrogens with zero attached hydrogens (tertiary/aromatic N) is 2. The Morgan fingerprint density at radius 3 is 2.57 bits per heavy atom. The highest BCUT2D eigenvalue weighted by molar-refractivity contribution is 14.0. The lowest BCUT2D eigenvalue weighted by Gasteiger charge is -2.39. The number of hydrogen-bond acceptors (Lipinski definition) is 4. The van der Waals surface area contributed by atoms with Crippen LogP contribution in [0.3, 0.4) is 0 Å². The van der Waals surface area contributed by atoms with Crippen molar-refractivity contribution in [2.75, 3.05) is 38.5 Å². The van der Waals surface area contributed by atoms with Gasteiger partial charge in [-0.05, 0) is 32.9 Å². The minimum Gasteiger partial charge on any atom is -0.357 e. The topological polar surface area (TPSA) is 90.9 Å². The summed E-state index contributed by atoms with van der Waals surface area (Å²) in [6.07, 6.45) is 0. The summed E-state index contributed by atoms with van der Waals surface area (Å²) in [6.45, 7) is 7.63. The lowest BCUT2D eigenvalue weighted by molar-refractivity contribution is 0.0955. The van der Waals surface area contributed by atoms with Gasteiger partial charge in [0, 0.05) is 26.2 Å². The van der Waals surface area contributed by atoms with E-state index in [9.17, 15) is 13.2 Å². The monoisotopic (exact) mass is 542 g/mol. The zero-order valence-electron chi connectivity index (χ0n) is 16.4. The number of sulfone groups is 1. The maximum Gasteiger partial charge on any atom is 0.252 e. The molecule has 0 spiro atoms. The maximum atomic E-state index is 12.2. The molecule has 1 saturated heterocycles. The fourth-order valence-electron chi connectivity index (χ4n) is 2.82. The Hall–Kier alpha value is -1.07. The molecule has 2 rings (SSSR count). The predicted octanol–water partition coefficient (Wildman–Crippen LogP) is 2.16. The molecule has 28 heavy (non-hydrogen) atoms. The molecule has 1 fully saturated rings. The van der Waals surface area contributed by atoms with Crippen molar-refractivity contribution in [2.45, 2.75) is 25.5 Å². The van der Waals surface area contributed by atoms with E-state index in [1.54, 1.807) is 38.1 Å². The molecule has 0 radical (unpaired) electrons. The number of hydrogen-bond donors (Lipinski definition) is 2. The van der Waals surface area contributed by atoms with Crippen LogP contribution in [-0.4, -0.2) is 68.4 Å². The maximum absolute atomic E-state index is 12.2. The van der Waals surface area contributed by atoms with Crippen molar-refractivity contribution in [3.63, 3.8) is 0 Å². The molecule has 0 aromatic heterocycles. The van der Waals surface area contributed by atoms with Crippen LogP contribution in [0.25, 0.3) is 0 Å². The molecule has 0 saturated carbocycles. The molecule has 10 heteroatoms. The molecule has 0 bridgehead atoms. The minimum atomic E-state index is -3.11. The van der Waals surface area contributed by atoms with E-state index in [2.05, 4.69) is 15.6 Å². The van der Waals surface area contributed by atoms with Crippen LogP contribution in [0.5, 0.6) is 0 Å². The molecule has 1 aromatic carbocycles. The summed E-state index contributed by atoms with van der Waals surface area (Å²) >= 11 is 6.02. The van der Waals surface area contributed by atoms with Gasteiger partial charge in [0.05, 0.1) is 27.6 Å². The number of amides is 1. The van der Waals surface area contributed by atoms with E-state index in [1.807, 2.05) is 11.8 Å². The van der Waals surface area contributed by atoms with Crippen molar-refractivity contribution in [1.29, 1.82) is 0 Å². The summed E-state index contributed by atoms with van der Waals surface area (Å²) in [4.78, 5) is 18.6. The molecule has 1 aliphatic rings. The van der Waals surface area contributed by atoms with Crippen LogP contribution in [0.1, 0.15) is 31.1 Å². The van der Waals surface area contributed by atoms with Crippen LogP contribution in [-0.2, 0) is 9.84 Å². The Kier molecular flexibility index (Phi) is 9.48. The molecule has 1 aliphatic heterocycles. The zero-order chi connectivity index (χ0) is 20.1. The van der Waals surface area contributed by atoms with Crippen LogP contribution in [0.4, 0.5) is 0 Å². The average Bonchev–Trinajstić information content (AvgIpc) is 2.60. The Balaban J connectivity index is 0.00000392. The van der Waals surface area contributed by atoms with Gasteiger partial charge >= 0.3 is 0 Å². The van der Waals surface area contributed by atoms with E-state index in [1.165, 1.54) is 0 Å². The van der Waals surface area contributed by atoms with Crippen molar-refractivity contribution in [2.24, 2.45) is 4.99 Å². The first kappa shape index (κ1) is 25.0. The van der Waals surface area contributed by atoms with Crippen molar-refractivity contribution in [1.82, 2.24) is 15.5 Å². The van der Waals surface area contributed by atoms with Gasteiger partial charge in [0.15, 0.2) is 15.8 Å². The number of carbonyl (C=O) groups excluding carboxylic acids is 1. The highest BCUT2D eigenvalue weighted by atomic mass is 127. The average molecular weight is 543 g/mol. The van der Waals surface area contributed by atoms with Gasteiger partial charge in [0.2, 0.25) is 0 Å². The molecule has 7 nitrogen and oxygen atoms in total. The van der Waals surface area contributed by atoms with Crippen LogP contribution >= 0.6 is 35.6 Å². The standard InChI is InChI=1S/C18H27ClN4O3S.HI/c1-4-20-17(23-11-12-27(25,26)18(2,3)13-23)22-10-9-21-16(24)14-7-5-6-8-15(14)19;/h5-8H,4,9-13H2,1-3H3,(H,20,22)(H,21,24);1H. The lowest BCUT2D eigenvalue weighted by atomic mass is 10.2. The number of rotatable bonds is 5. The van der Waals surface area contributed by atoms with Gasteiger partial charge in [-0.15, -0.1) is 24.0 Å². The molecular weight excluding hydrogens is 515 g/mol. The first-order chi connectivity index (χ1) is 12.7. The first-order valence-corrected chi connectivity index (χ1v) is 11.0. The predicted molar refractivity (Wildman–Crippen MR) is 125 cm³/mol. The van der Waals surface area contributed by atoms with Crippen molar-refractivity contribution < 1.29 is 13.2 Å². The third-order valence-corrected chi connectivity index (χ3v) is 7.32. The van der Waals surface area contributed by atoms with Gasteiger partial charge in [-0.2, -0.15) is 0 Å². The molecule has 1 aromatic rings. The fourth-order valence-corrected chi connectivity index (χ4v) is 4.41. The SMILES string of the molecule is CCNC(=NCCNC(=O)c1ccccc1Cl)N1CCS(=O)(=O)C(C)(C)C1.I. The number of nitrogens with one attached hydrogen (secondary N) is 2. The van der Waals surface area contributed by atoms with Crippen molar-refractivity contribution >= 4 is 57.3 Å². The van der Waals surface area contributed by atoms with Gasteiger partial charge in [-0.1, -0.05) is 23.7 Å². The number of carbonyl (C=O) groups is 1. The summed E-state index contributed by atoms with van der Waals surface area (Å²) in [5.41, 5.74) is 0.429. The Labute approximate surface area is 189 Å². The molecule has 0 atom stereocenters. The summed E-state index contributed by atoms with van der Waals surface area (Å²) in [6, 6.07) is 6.87. The van der Waals surface area contributed by atoms with Crippen molar-refractivity contribution in [3.8, 4) is 0 Å². The number of aliphatic imine (C=N–C) groups is 1. The number of benzene rings is 1. The molecule has 1 amide bonds. The third kappa shape index (κ3) is 6.21. The van der Waals surface area contributed by atoms with Gasteiger partial charge in [-0.25, -0.2) is 8.42 Å². The van der Waals surface area contributed by atoms with E-state index >= 15 is 0 Å². The number of guanidine groups is 1. The second-order valence-electron chi connectivity index (χ2n) is 6.97. The van der Waals surface area contributed by atoms with Gasteiger partial charge in [0.1, 0.15) is 0 Å². The highest BCUT2D eigenvalue weighted by Gasteiger charge is 2.40. The highest BCUT2D eigenvalue weighted by Crippen LogP contribution is 2.23. The van der Waals surface area contributed by atoms with E-state index in [4.69, 9.17) is 11.6 Å². The Morgan fingerprint density at radius 2 is 1.96 bits per heavy atom. The first-order valence-electron chi connectivity index (χ1n) is 8.96. The fraction of sp³-hybridized carbons (Fsp3) is 0.556. The van der Waals surface area contributed by atoms with Crippen LogP contribution in [0.15, 0.2) is 29.3 Å². The Morgan fingerprint density at radius 1 is 1.29 bits per heavy atom.